The van der Waals surface area contributed by atoms with Crippen molar-refractivity contribution in [3.05, 3.63) is 20.4 Å². The number of nitrogens with zero attached hydrogens (tertiary/aromatic N) is 1. The molecule has 1 saturated heterocycles. The lowest BCUT2D eigenvalue weighted by Crippen LogP contribution is -2.48. The quantitative estimate of drug-likeness (QED) is 0.640. The summed E-state index contributed by atoms with van der Waals surface area (Å²) in [7, 11) is 0. The van der Waals surface area contributed by atoms with Crippen molar-refractivity contribution < 1.29 is 9.53 Å². The average molecular weight is 362 g/mol. The van der Waals surface area contributed by atoms with Gasteiger partial charge in [0, 0.05) is 19.1 Å². The lowest BCUT2D eigenvalue weighted by molar-refractivity contribution is -0.148. The van der Waals surface area contributed by atoms with Gasteiger partial charge in [-0.1, -0.05) is 26.7 Å². The predicted octanol–water partition coefficient (Wildman–Crippen LogP) is 2.30. The molecule has 1 aromatic carbocycles. The van der Waals surface area contributed by atoms with Crippen LogP contribution in [0, 0.1) is 17.8 Å². The van der Waals surface area contributed by atoms with Gasteiger partial charge in [0.25, 0.3) is 10.9 Å². The van der Waals surface area contributed by atoms with Crippen LogP contribution < -0.4 is 21.1 Å². The highest BCUT2D eigenvalue weighted by Gasteiger charge is 2.34. The van der Waals surface area contributed by atoms with Gasteiger partial charge in [-0.3, -0.25) is 14.4 Å². The minimum Gasteiger partial charge on any atom is -0.466 e. The zero-order valence-electron chi connectivity index (χ0n) is 16.0. The number of carbonyl (C=O) groups excluding carboxylic acids is 1. The van der Waals surface area contributed by atoms with Gasteiger partial charge in [0.15, 0.2) is 0 Å². The summed E-state index contributed by atoms with van der Waals surface area (Å²) in [6.45, 7) is 7.89. The van der Waals surface area contributed by atoms with Crippen molar-refractivity contribution in [3.63, 3.8) is 0 Å². The van der Waals surface area contributed by atoms with Crippen LogP contribution in [0.5, 0.6) is 0 Å². The van der Waals surface area contributed by atoms with Crippen LogP contribution in [-0.2, 0) is 9.53 Å². The number of esters is 1. The molecule has 2 fully saturated rings. The Hall–Kier alpha value is -1.85. The highest BCUT2D eigenvalue weighted by molar-refractivity contribution is 5.77. The zero-order valence-corrected chi connectivity index (χ0v) is 16.0. The Morgan fingerprint density at radius 2 is 1.81 bits per heavy atom. The molecule has 1 heterocycles. The molecule has 0 aromatic heterocycles. The van der Waals surface area contributed by atoms with Crippen LogP contribution in [0.3, 0.4) is 0 Å². The second-order valence-electron chi connectivity index (χ2n) is 7.91. The summed E-state index contributed by atoms with van der Waals surface area (Å²) in [4.78, 5) is 38.2. The number of ether oxygens (including phenoxy) is 1. The number of piperidine rings is 1. The van der Waals surface area contributed by atoms with Gasteiger partial charge in [-0.05, 0) is 38.0 Å². The Morgan fingerprint density at radius 3 is 2.46 bits per heavy atom. The first-order chi connectivity index (χ1) is 12.4. The summed E-state index contributed by atoms with van der Waals surface area (Å²) in [5.74, 6) is 0.848. The molecule has 1 saturated carbocycles. The third-order valence-corrected chi connectivity index (χ3v) is 6.35. The van der Waals surface area contributed by atoms with Gasteiger partial charge in [-0.25, -0.2) is 0 Å². The lowest BCUT2D eigenvalue weighted by atomic mass is 9.78. The van der Waals surface area contributed by atoms with Crippen LogP contribution in [-0.4, -0.2) is 31.7 Å². The Morgan fingerprint density at radius 1 is 1.12 bits per heavy atom. The van der Waals surface area contributed by atoms with Crippen LogP contribution in [0.4, 0.5) is 11.4 Å². The fourth-order valence-electron chi connectivity index (χ4n) is 4.39. The monoisotopic (exact) mass is 362 g/mol. The molecule has 1 aromatic rings. The number of rotatable bonds is 5. The normalized spacial score (nSPS) is 27.5. The molecule has 144 valence electrons. The van der Waals surface area contributed by atoms with E-state index in [9.17, 15) is 14.4 Å². The lowest BCUT2D eigenvalue weighted by Gasteiger charge is -2.38. The average Bonchev–Trinajstić information content (AvgIpc) is 2.65. The van der Waals surface area contributed by atoms with Crippen molar-refractivity contribution >= 4 is 17.3 Å². The van der Waals surface area contributed by atoms with Crippen LogP contribution in [0.15, 0.2) is 9.59 Å². The summed E-state index contributed by atoms with van der Waals surface area (Å²) in [6.07, 6.45) is 4.73. The van der Waals surface area contributed by atoms with Gasteiger partial charge in [-0.2, -0.15) is 0 Å². The maximum absolute atomic E-state index is 12.2. The maximum atomic E-state index is 12.2. The van der Waals surface area contributed by atoms with Crippen molar-refractivity contribution in [2.75, 3.05) is 29.9 Å². The number of carbonyl (C=O) groups is 1. The largest absolute Gasteiger partial charge is 0.466 e. The number of anilines is 2. The van der Waals surface area contributed by atoms with E-state index in [-0.39, 0.29) is 17.9 Å². The third kappa shape index (κ3) is 3.51. The molecule has 3 rings (SSSR count). The molecule has 0 bridgehead atoms. The molecule has 0 amide bonds. The van der Waals surface area contributed by atoms with Gasteiger partial charge in [0.2, 0.25) is 0 Å². The van der Waals surface area contributed by atoms with Gasteiger partial charge in [0.05, 0.1) is 12.5 Å². The molecule has 0 unspecified atom stereocenters. The Bertz CT molecular complexity index is 714. The van der Waals surface area contributed by atoms with E-state index >= 15 is 0 Å². The smallest absolute Gasteiger partial charge is 0.309 e. The van der Waals surface area contributed by atoms with Crippen molar-refractivity contribution in [2.45, 2.75) is 58.9 Å². The fourth-order valence-corrected chi connectivity index (χ4v) is 4.39. The fraction of sp³-hybridized carbons (Fsp3) is 0.750. The number of nitrogens with one attached hydrogen (secondary N) is 1. The molecule has 6 heteroatoms. The molecule has 6 nitrogen and oxygen atoms in total. The van der Waals surface area contributed by atoms with Crippen LogP contribution >= 0.6 is 0 Å². The standard InChI is InChI=1S/C20H30N2O4/c1-4-26-20(25)14-8-10-22(11-9-14)17-16(18(23)19(17)24)21-15-7-5-6-12(2)13(15)3/h12-15,21H,4-11H2,1-3H3/t12-,13-,15-/m1/s1. The molecular weight excluding hydrogens is 332 g/mol. The van der Waals surface area contributed by atoms with E-state index < -0.39 is 10.9 Å². The molecule has 26 heavy (non-hydrogen) atoms. The SMILES string of the molecule is CCOC(=O)C1CCN(c2c(N[C@@H]3CCC[C@@H](C)[C@H]3C)c(=O)c2=O)CC1. The Kier molecular flexibility index (Phi) is 5.68. The van der Waals surface area contributed by atoms with Crippen molar-refractivity contribution in [3.8, 4) is 0 Å². The highest BCUT2D eigenvalue weighted by atomic mass is 16.5. The van der Waals surface area contributed by atoms with Crippen molar-refractivity contribution in [1.29, 1.82) is 0 Å². The minimum atomic E-state index is -0.391. The third-order valence-electron chi connectivity index (χ3n) is 6.35. The summed E-state index contributed by atoms with van der Waals surface area (Å²) < 4.78 is 5.10. The maximum Gasteiger partial charge on any atom is 0.309 e. The summed E-state index contributed by atoms with van der Waals surface area (Å²) in [5, 5.41) is 3.39. The van der Waals surface area contributed by atoms with Gasteiger partial charge < -0.3 is 15.0 Å². The molecular formula is C20H30N2O4. The van der Waals surface area contributed by atoms with E-state index in [0.29, 0.717) is 55.7 Å². The van der Waals surface area contributed by atoms with E-state index in [1.807, 2.05) is 11.8 Å². The molecule has 1 N–H and O–H groups in total. The summed E-state index contributed by atoms with van der Waals surface area (Å²) in [6, 6.07) is 0.248. The van der Waals surface area contributed by atoms with Crippen LogP contribution in [0.1, 0.15) is 52.9 Å². The molecule has 2 aliphatic rings. The van der Waals surface area contributed by atoms with E-state index in [1.54, 1.807) is 0 Å². The van der Waals surface area contributed by atoms with Crippen molar-refractivity contribution in [1.82, 2.24) is 0 Å². The zero-order chi connectivity index (χ0) is 18.8. The van der Waals surface area contributed by atoms with E-state index in [2.05, 4.69) is 19.2 Å². The Balaban J connectivity index is 1.67. The van der Waals surface area contributed by atoms with E-state index in [4.69, 9.17) is 4.74 Å². The first-order valence-electron chi connectivity index (χ1n) is 9.95. The van der Waals surface area contributed by atoms with Gasteiger partial charge in [-0.15, -0.1) is 0 Å². The second kappa shape index (κ2) is 7.80. The minimum absolute atomic E-state index is 0.103. The summed E-state index contributed by atoms with van der Waals surface area (Å²) in [5.41, 5.74) is 0.245. The van der Waals surface area contributed by atoms with Gasteiger partial charge >= 0.3 is 5.97 Å². The molecule has 3 atom stereocenters. The predicted molar refractivity (Wildman–Crippen MR) is 103 cm³/mol. The van der Waals surface area contributed by atoms with E-state index in [0.717, 1.165) is 12.8 Å². The highest BCUT2D eigenvalue weighted by Crippen LogP contribution is 2.34. The number of hydrogen-bond acceptors (Lipinski definition) is 6. The first kappa shape index (κ1) is 18.9. The Labute approximate surface area is 154 Å². The molecule has 1 aliphatic heterocycles. The summed E-state index contributed by atoms with van der Waals surface area (Å²) >= 11 is 0. The number of hydrogen-bond donors (Lipinski definition) is 1. The molecule has 0 radical (unpaired) electrons. The first-order valence-corrected chi connectivity index (χ1v) is 9.95. The molecule has 0 spiro atoms. The second-order valence-corrected chi connectivity index (χ2v) is 7.91. The van der Waals surface area contributed by atoms with Crippen LogP contribution in [0.25, 0.3) is 0 Å². The topological polar surface area (TPSA) is 75.7 Å². The molecule has 1 aliphatic carbocycles. The van der Waals surface area contributed by atoms with E-state index in [1.165, 1.54) is 6.42 Å². The van der Waals surface area contributed by atoms with Crippen LogP contribution in [0.2, 0.25) is 0 Å². The van der Waals surface area contributed by atoms with Gasteiger partial charge in [0.1, 0.15) is 11.4 Å². The van der Waals surface area contributed by atoms with Crippen molar-refractivity contribution in [2.24, 2.45) is 17.8 Å².